The fraction of sp³-hybridized carbons (Fsp3) is 0.188. The monoisotopic (exact) mass is 282 g/mol. The molecule has 1 N–H and O–H groups in total. The van der Waals surface area contributed by atoms with E-state index in [1.165, 1.54) is 0 Å². The van der Waals surface area contributed by atoms with Gasteiger partial charge in [-0.05, 0) is 30.7 Å². The predicted octanol–water partition coefficient (Wildman–Crippen LogP) is 2.81. The van der Waals surface area contributed by atoms with E-state index in [0.29, 0.717) is 30.5 Å². The normalized spacial score (nSPS) is 13.6. The lowest BCUT2D eigenvalue weighted by atomic mass is 10.2. The topological polar surface area (TPSA) is 56.5 Å². The first-order chi connectivity index (χ1) is 10.2. The van der Waals surface area contributed by atoms with Crippen LogP contribution in [0.2, 0.25) is 0 Å². The quantitative estimate of drug-likeness (QED) is 0.745. The van der Waals surface area contributed by atoms with Crippen LogP contribution in [0.25, 0.3) is 16.6 Å². The third-order valence-corrected chi connectivity index (χ3v) is 3.59. The van der Waals surface area contributed by atoms with Crippen LogP contribution >= 0.6 is 0 Å². The molecule has 1 aliphatic rings. The molecule has 0 saturated carbocycles. The highest BCUT2D eigenvalue weighted by atomic mass is 16.6. The lowest BCUT2D eigenvalue weighted by molar-refractivity contribution is 0.172. The molecule has 106 valence electrons. The van der Waals surface area contributed by atoms with Crippen molar-refractivity contribution in [3.05, 3.63) is 42.2 Å². The van der Waals surface area contributed by atoms with Gasteiger partial charge < -0.3 is 14.6 Å². The van der Waals surface area contributed by atoms with Gasteiger partial charge in [0.2, 0.25) is 5.88 Å². The third kappa shape index (κ3) is 1.89. The predicted molar refractivity (Wildman–Crippen MR) is 78.5 cm³/mol. The molecule has 0 fully saturated rings. The number of benzene rings is 1. The van der Waals surface area contributed by atoms with Crippen LogP contribution in [0.4, 0.5) is 0 Å². The lowest BCUT2D eigenvalue weighted by Crippen LogP contribution is -2.14. The average molecular weight is 282 g/mol. The van der Waals surface area contributed by atoms with Crippen molar-refractivity contribution >= 4 is 10.8 Å². The van der Waals surface area contributed by atoms with Gasteiger partial charge in [-0.1, -0.05) is 6.07 Å². The second-order valence-corrected chi connectivity index (χ2v) is 5.10. The summed E-state index contributed by atoms with van der Waals surface area (Å²) in [5.74, 6) is 2.20. The highest BCUT2D eigenvalue weighted by Gasteiger charge is 2.17. The standard InChI is InChI=1S/C16H14N2O3/c1-10-2-3-15(17-8-10)18-9-11-6-13-14(21-5-4-20-13)7-12(11)16(18)19/h2-3,6-9,19H,4-5H2,1H3. The lowest BCUT2D eigenvalue weighted by Gasteiger charge is -2.18. The fourth-order valence-corrected chi connectivity index (χ4v) is 2.51. The summed E-state index contributed by atoms with van der Waals surface area (Å²) < 4.78 is 12.8. The van der Waals surface area contributed by atoms with Gasteiger partial charge in [-0.15, -0.1) is 0 Å². The molecule has 0 saturated heterocycles. The van der Waals surface area contributed by atoms with E-state index in [1.807, 2.05) is 37.4 Å². The molecular weight excluding hydrogens is 268 g/mol. The summed E-state index contributed by atoms with van der Waals surface area (Å²) in [5, 5.41) is 12.1. The maximum atomic E-state index is 10.4. The van der Waals surface area contributed by atoms with Crippen LogP contribution in [-0.4, -0.2) is 27.9 Å². The van der Waals surface area contributed by atoms with E-state index in [2.05, 4.69) is 4.98 Å². The smallest absolute Gasteiger partial charge is 0.205 e. The molecule has 5 nitrogen and oxygen atoms in total. The van der Waals surface area contributed by atoms with E-state index >= 15 is 0 Å². The van der Waals surface area contributed by atoms with Crippen molar-refractivity contribution in [2.45, 2.75) is 6.92 Å². The zero-order valence-electron chi connectivity index (χ0n) is 11.5. The maximum absolute atomic E-state index is 10.4. The van der Waals surface area contributed by atoms with Gasteiger partial charge in [-0.2, -0.15) is 0 Å². The maximum Gasteiger partial charge on any atom is 0.205 e. The molecule has 0 spiro atoms. The largest absolute Gasteiger partial charge is 0.494 e. The first-order valence-electron chi connectivity index (χ1n) is 6.79. The molecule has 0 unspecified atom stereocenters. The van der Waals surface area contributed by atoms with Crippen molar-refractivity contribution in [2.24, 2.45) is 0 Å². The van der Waals surface area contributed by atoms with Crippen molar-refractivity contribution in [3.8, 4) is 23.2 Å². The van der Waals surface area contributed by atoms with Gasteiger partial charge in [0.1, 0.15) is 19.0 Å². The second-order valence-electron chi connectivity index (χ2n) is 5.10. The summed E-state index contributed by atoms with van der Waals surface area (Å²) in [6.45, 7) is 3.05. The molecule has 4 rings (SSSR count). The molecule has 2 aromatic heterocycles. The molecule has 1 aliphatic heterocycles. The summed E-state index contributed by atoms with van der Waals surface area (Å²) in [6, 6.07) is 7.53. The van der Waals surface area contributed by atoms with Gasteiger partial charge in [-0.25, -0.2) is 4.98 Å². The average Bonchev–Trinajstić information content (AvgIpc) is 2.82. The second kappa shape index (κ2) is 4.41. The first kappa shape index (κ1) is 12.1. The summed E-state index contributed by atoms with van der Waals surface area (Å²) in [7, 11) is 0. The van der Waals surface area contributed by atoms with E-state index in [1.54, 1.807) is 10.8 Å². The highest BCUT2D eigenvalue weighted by Crippen LogP contribution is 2.39. The van der Waals surface area contributed by atoms with E-state index in [9.17, 15) is 5.11 Å². The van der Waals surface area contributed by atoms with Gasteiger partial charge >= 0.3 is 0 Å². The minimum Gasteiger partial charge on any atom is -0.494 e. The van der Waals surface area contributed by atoms with Crippen molar-refractivity contribution in [2.75, 3.05) is 13.2 Å². The molecule has 0 atom stereocenters. The molecule has 21 heavy (non-hydrogen) atoms. The number of aromatic nitrogens is 2. The molecule has 0 radical (unpaired) electrons. The molecule has 0 aliphatic carbocycles. The summed E-state index contributed by atoms with van der Waals surface area (Å²) >= 11 is 0. The van der Waals surface area contributed by atoms with Crippen LogP contribution in [-0.2, 0) is 0 Å². The molecule has 3 heterocycles. The third-order valence-electron chi connectivity index (χ3n) is 3.59. The van der Waals surface area contributed by atoms with E-state index < -0.39 is 0 Å². The number of rotatable bonds is 1. The van der Waals surface area contributed by atoms with E-state index in [4.69, 9.17) is 9.47 Å². The van der Waals surface area contributed by atoms with Crippen LogP contribution in [0, 0.1) is 6.92 Å². The van der Waals surface area contributed by atoms with Crippen LogP contribution < -0.4 is 9.47 Å². The Morgan fingerprint density at radius 1 is 1.14 bits per heavy atom. The Kier molecular flexibility index (Phi) is 2.54. The zero-order chi connectivity index (χ0) is 14.4. The Labute approximate surface area is 121 Å². The van der Waals surface area contributed by atoms with E-state index in [-0.39, 0.29) is 5.88 Å². The van der Waals surface area contributed by atoms with Crippen LogP contribution in [0.15, 0.2) is 36.7 Å². The molecule has 0 amide bonds. The molecule has 0 bridgehead atoms. The Bertz CT molecular complexity index is 822. The van der Waals surface area contributed by atoms with E-state index in [0.717, 1.165) is 16.3 Å². The molecule has 5 heteroatoms. The van der Waals surface area contributed by atoms with Crippen molar-refractivity contribution in [1.82, 2.24) is 9.55 Å². The number of pyridine rings is 1. The van der Waals surface area contributed by atoms with Crippen LogP contribution in [0.5, 0.6) is 17.4 Å². The van der Waals surface area contributed by atoms with Crippen molar-refractivity contribution < 1.29 is 14.6 Å². The number of nitrogens with zero attached hydrogens (tertiary/aromatic N) is 2. The van der Waals surface area contributed by atoms with Gasteiger partial charge in [0, 0.05) is 23.2 Å². The molecule has 1 aromatic carbocycles. The molecular formula is C16H14N2O3. The van der Waals surface area contributed by atoms with Crippen LogP contribution in [0.1, 0.15) is 5.56 Å². The number of ether oxygens (including phenoxy) is 2. The summed E-state index contributed by atoms with van der Waals surface area (Å²) in [5.41, 5.74) is 1.08. The van der Waals surface area contributed by atoms with Crippen LogP contribution in [0.3, 0.4) is 0 Å². The highest BCUT2D eigenvalue weighted by molar-refractivity contribution is 5.91. The van der Waals surface area contributed by atoms with Gasteiger partial charge in [0.25, 0.3) is 0 Å². The summed E-state index contributed by atoms with van der Waals surface area (Å²) in [4.78, 5) is 4.34. The minimum absolute atomic E-state index is 0.151. The van der Waals surface area contributed by atoms with Gasteiger partial charge in [0.05, 0.1) is 0 Å². The number of aryl methyl sites for hydroxylation is 1. The minimum atomic E-state index is 0.151. The molecule has 3 aromatic rings. The Balaban J connectivity index is 1.91. The van der Waals surface area contributed by atoms with Crippen molar-refractivity contribution in [3.63, 3.8) is 0 Å². The van der Waals surface area contributed by atoms with Gasteiger partial charge in [-0.3, -0.25) is 4.57 Å². The number of aromatic hydroxyl groups is 1. The van der Waals surface area contributed by atoms with Gasteiger partial charge in [0.15, 0.2) is 11.5 Å². The fourth-order valence-electron chi connectivity index (χ4n) is 2.51. The zero-order valence-corrected chi connectivity index (χ0v) is 11.5. The Morgan fingerprint density at radius 3 is 2.62 bits per heavy atom. The Hall–Kier alpha value is -2.69. The SMILES string of the molecule is Cc1ccc(-n2cc3cc4c(cc3c2O)OCCO4)nc1. The first-order valence-corrected chi connectivity index (χ1v) is 6.79. The Morgan fingerprint density at radius 2 is 1.90 bits per heavy atom. The number of hydrogen-bond acceptors (Lipinski definition) is 4. The van der Waals surface area contributed by atoms with Crippen molar-refractivity contribution in [1.29, 1.82) is 0 Å². The number of fused-ring (bicyclic) bond motifs is 2. The summed E-state index contributed by atoms with van der Waals surface area (Å²) in [6.07, 6.45) is 3.62. The number of hydrogen-bond donors (Lipinski definition) is 1.